The van der Waals surface area contributed by atoms with Gasteiger partial charge in [0.05, 0.1) is 5.52 Å². The van der Waals surface area contributed by atoms with Gasteiger partial charge in [-0.1, -0.05) is 51.1 Å². The van der Waals surface area contributed by atoms with Crippen LogP contribution in [0.2, 0.25) is 0 Å². The minimum Gasteiger partial charge on any atom is -0.508 e. The first-order chi connectivity index (χ1) is 13.8. The number of rotatable bonds is 1. The topological polar surface area (TPSA) is 58.4 Å². The lowest BCUT2D eigenvalue weighted by Gasteiger charge is -2.60. The van der Waals surface area contributed by atoms with Crippen LogP contribution in [0.1, 0.15) is 48.8 Å². The zero-order chi connectivity index (χ0) is 20.6. The molecule has 0 unspecified atom stereocenters. The zero-order valence-corrected chi connectivity index (χ0v) is 17.4. The number of amides is 1. The first-order valence-electron chi connectivity index (χ1n) is 10.3. The molecule has 0 radical (unpaired) electrons. The van der Waals surface area contributed by atoms with Gasteiger partial charge in [-0.3, -0.25) is 9.48 Å². The van der Waals surface area contributed by atoms with E-state index in [9.17, 15) is 9.90 Å². The maximum atomic E-state index is 13.7. The minimum absolute atomic E-state index is 0.00955. The summed E-state index contributed by atoms with van der Waals surface area (Å²) in [7, 11) is 1.88. The Morgan fingerprint density at radius 1 is 1.14 bits per heavy atom. The third kappa shape index (κ3) is 2.27. The van der Waals surface area contributed by atoms with Crippen molar-refractivity contribution in [1.29, 1.82) is 0 Å². The maximum Gasteiger partial charge on any atom is 0.275 e. The molecule has 3 aromatic rings. The molecule has 1 fully saturated rings. The largest absolute Gasteiger partial charge is 0.508 e. The van der Waals surface area contributed by atoms with Gasteiger partial charge in [-0.25, -0.2) is 0 Å². The number of phenolic OH excluding ortho intramolecular Hbond substituents is 1. The van der Waals surface area contributed by atoms with Crippen molar-refractivity contribution in [1.82, 2.24) is 14.7 Å². The van der Waals surface area contributed by atoms with Crippen LogP contribution in [0, 0.1) is 5.41 Å². The lowest BCUT2D eigenvalue weighted by atomic mass is 9.51. The number of para-hydroxylation sites is 1. The Balaban J connectivity index is 1.62. The number of likely N-dealkylation sites (tertiary alicyclic amines) is 1. The molecule has 2 heterocycles. The number of carbonyl (C=O) groups is 1. The van der Waals surface area contributed by atoms with Crippen LogP contribution in [0.5, 0.6) is 5.75 Å². The van der Waals surface area contributed by atoms with E-state index < -0.39 is 0 Å². The van der Waals surface area contributed by atoms with Crippen molar-refractivity contribution in [3.8, 4) is 5.75 Å². The molecule has 5 rings (SSSR count). The van der Waals surface area contributed by atoms with E-state index in [0.29, 0.717) is 24.4 Å². The van der Waals surface area contributed by atoms with Crippen LogP contribution in [-0.2, 0) is 18.9 Å². The average Bonchev–Trinajstić information content (AvgIpc) is 3.02. The summed E-state index contributed by atoms with van der Waals surface area (Å²) in [6.07, 6.45) is 1.53. The molecule has 2 bridgehead atoms. The summed E-state index contributed by atoms with van der Waals surface area (Å²) in [6.45, 7) is 7.51. The van der Waals surface area contributed by atoms with Crippen molar-refractivity contribution >= 4 is 16.8 Å². The number of fused-ring (bicyclic) bond motifs is 5. The van der Waals surface area contributed by atoms with Crippen LogP contribution in [0.25, 0.3) is 10.9 Å². The fourth-order valence-electron chi connectivity index (χ4n) is 5.68. The maximum absolute atomic E-state index is 13.7. The third-order valence-electron chi connectivity index (χ3n) is 7.85. The van der Waals surface area contributed by atoms with Gasteiger partial charge in [0.2, 0.25) is 0 Å². The van der Waals surface area contributed by atoms with Gasteiger partial charge < -0.3 is 10.0 Å². The number of piperidine rings is 1. The van der Waals surface area contributed by atoms with E-state index in [1.165, 1.54) is 5.56 Å². The molecule has 1 saturated heterocycles. The quantitative estimate of drug-likeness (QED) is 0.683. The Labute approximate surface area is 170 Å². The lowest BCUT2D eigenvalue weighted by molar-refractivity contribution is -0.0268. The van der Waals surface area contributed by atoms with E-state index in [0.717, 1.165) is 22.9 Å². The van der Waals surface area contributed by atoms with Gasteiger partial charge >= 0.3 is 0 Å². The van der Waals surface area contributed by atoms with Crippen LogP contribution < -0.4 is 0 Å². The molecule has 1 aliphatic carbocycles. The number of nitrogens with zero attached hydrogens (tertiary/aromatic N) is 3. The normalized spacial score (nSPS) is 25.1. The van der Waals surface area contributed by atoms with E-state index in [1.807, 2.05) is 42.3 Å². The molecule has 1 aliphatic heterocycles. The van der Waals surface area contributed by atoms with Gasteiger partial charge in [0.25, 0.3) is 5.91 Å². The SMILES string of the molecule is Cn1nc(C(=O)N2CC[C@@]3(C)c4cccc(O)c4C[C@@H]2C3(C)C)c2ccccc21. The summed E-state index contributed by atoms with van der Waals surface area (Å²) < 4.78 is 1.78. The molecular formula is C24H27N3O2. The molecule has 0 spiro atoms. The van der Waals surface area contributed by atoms with Crippen molar-refractivity contribution < 1.29 is 9.90 Å². The van der Waals surface area contributed by atoms with Gasteiger partial charge in [0.15, 0.2) is 5.69 Å². The van der Waals surface area contributed by atoms with E-state index in [4.69, 9.17) is 0 Å². The highest BCUT2D eigenvalue weighted by atomic mass is 16.3. The van der Waals surface area contributed by atoms with Crippen molar-refractivity contribution in [3.05, 3.63) is 59.3 Å². The molecule has 150 valence electrons. The number of aromatic hydroxyl groups is 1. The molecule has 5 nitrogen and oxygen atoms in total. The van der Waals surface area contributed by atoms with Crippen molar-refractivity contribution in [2.45, 2.75) is 45.1 Å². The highest BCUT2D eigenvalue weighted by Gasteiger charge is 2.57. The molecule has 5 heteroatoms. The second-order valence-corrected chi connectivity index (χ2v) is 9.31. The number of aryl methyl sites for hydroxylation is 1. The molecule has 0 saturated carbocycles. The highest BCUT2D eigenvalue weighted by molar-refractivity contribution is 6.05. The van der Waals surface area contributed by atoms with Crippen molar-refractivity contribution in [2.75, 3.05) is 6.54 Å². The molecule has 29 heavy (non-hydrogen) atoms. The summed E-state index contributed by atoms with van der Waals surface area (Å²) in [4.78, 5) is 15.7. The highest BCUT2D eigenvalue weighted by Crippen LogP contribution is 2.57. The van der Waals surface area contributed by atoms with E-state index in [-0.39, 0.29) is 22.8 Å². The summed E-state index contributed by atoms with van der Waals surface area (Å²) in [5.41, 5.74) is 3.49. The van der Waals surface area contributed by atoms with E-state index >= 15 is 0 Å². The predicted octanol–water partition coefficient (Wildman–Crippen LogP) is 4.03. The lowest BCUT2D eigenvalue weighted by Crippen LogP contribution is -2.64. The zero-order valence-electron chi connectivity index (χ0n) is 17.4. The monoisotopic (exact) mass is 389 g/mol. The molecule has 2 atom stereocenters. The molecule has 1 amide bonds. The van der Waals surface area contributed by atoms with Crippen LogP contribution in [0.3, 0.4) is 0 Å². The molecule has 1 N–H and O–H groups in total. The molecule has 1 aromatic heterocycles. The van der Waals surface area contributed by atoms with Gasteiger partial charge in [-0.2, -0.15) is 5.10 Å². The number of carbonyl (C=O) groups excluding carboxylic acids is 1. The Kier molecular flexibility index (Phi) is 3.67. The minimum atomic E-state index is -0.119. The smallest absolute Gasteiger partial charge is 0.275 e. The average molecular weight is 389 g/mol. The molecule has 2 aromatic carbocycles. The summed E-state index contributed by atoms with van der Waals surface area (Å²) in [5, 5.41) is 16.0. The van der Waals surface area contributed by atoms with Crippen LogP contribution in [-0.4, -0.2) is 38.3 Å². The first kappa shape index (κ1) is 18.2. The predicted molar refractivity (Wildman–Crippen MR) is 113 cm³/mol. The van der Waals surface area contributed by atoms with Gasteiger partial charge in [0.1, 0.15) is 5.75 Å². The second-order valence-electron chi connectivity index (χ2n) is 9.31. The Hall–Kier alpha value is -2.82. The third-order valence-corrected chi connectivity index (χ3v) is 7.85. The molecular weight excluding hydrogens is 362 g/mol. The van der Waals surface area contributed by atoms with Gasteiger partial charge in [-0.15, -0.1) is 0 Å². The van der Waals surface area contributed by atoms with Crippen LogP contribution in [0.15, 0.2) is 42.5 Å². The van der Waals surface area contributed by atoms with Gasteiger partial charge in [0, 0.05) is 30.4 Å². The fourth-order valence-corrected chi connectivity index (χ4v) is 5.68. The number of hydrogen-bond donors (Lipinski definition) is 1. The van der Waals surface area contributed by atoms with Crippen molar-refractivity contribution in [3.63, 3.8) is 0 Å². The number of phenols is 1. The number of benzene rings is 2. The van der Waals surface area contributed by atoms with Gasteiger partial charge in [-0.05, 0) is 41.5 Å². The Morgan fingerprint density at radius 3 is 2.69 bits per heavy atom. The number of aromatic nitrogens is 2. The second kappa shape index (κ2) is 5.85. The number of hydrogen-bond acceptors (Lipinski definition) is 3. The standard InChI is InChI=1S/C24H27N3O2/c1-23(2)20-14-16-17(9-7-11-19(16)28)24(23,3)12-13-27(20)22(29)21-15-8-5-6-10-18(15)26(4)25-21/h5-11,20,28H,12-14H2,1-4H3/t20-,24+/m1/s1. The summed E-state index contributed by atoms with van der Waals surface area (Å²) in [6, 6.07) is 13.7. The van der Waals surface area contributed by atoms with E-state index in [1.54, 1.807) is 10.7 Å². The first-order valence-corrected chi connectivity index (χ1v) is 10.3. The van der Waals surface area contributed by atoms with Crippen LogP contribution >= 0.6 is 0 Å². The Bertz CT molecular complexity index is 1150. The summed E-state index contributed by atoms with van der Waals surface area (Å²) in [5.74, 6) is 0.326. The summed E-state index contributed by atoms with van der Waals surface area (Å²) >= 11 is 0. The van der Waals surface area contributed by atoms with Crippen molar-refractivity contribution in [2.24, 2.45) is 12.5 Å². The fraction of sp³-hybridized carbons (Fsp3) is 0.417. The Morgan fingerprint density at radius 2 is 1.90 bits per heavy atom. The van der Waals surface area contributed by atoms with E-state index in [2.05, 4.69) is 31.9 Å². The molecule has 2 aliphatic rings. The van der Waals surface area contributed by atoms with Crippen LogP contribution in [0.4, 0.5) is 0 Å².